The molecule has 1 aliphatic carbocycles. The second-order valence-electron chi connectivity index (χ2n) is 8.89. The number of hydrogen-bond acceptors (Lipinski definition) is 6. The van der Waals surface area contributed by atoms with Gasteiger partial charge in [-0.05, 0) is 37.2 Å². The van der Waals surface area contributed by atoms with Crippen molar-refractivity contribution in [1.82, 2.24) is 10.2 Å². The molecular formula is C24H32N2O5. The van der Waals surface area contributed by atoms with Gasteiger partial charge in [0.05, 0.1) is 18.9 Å². The van der Waals surface area contributed by atoms with Crippen molar-refractivity contribution in [2.24, 2.45) is 17.8 Å². The Morgan fingerprint density at radius 1 is 1.13 bits per heavy atom. The molecule has 4 atom stereocenters. The van der Waals surface area contributed by atoms with Gasteiger partial charge < -0.3 is 19.5 Å². The maximum Gasteiger partial charge on any atom is 0.410 e. The van der Waals surface area contributed by atoms with Gasteiger partial charge in [0, 0.05) is 37.5 Å². The Bertz CT molecular complexity index is 803. The molecule has 2 fully saturated rings. The fourth-order valence-corrected chi connectivity index (χ4v) is 5.17. The SMILES string of the molecule is COC(=O)C1=COC(OC(=O)NC2CCN(Cc3ccccc3)CC2)C2C(C)CCC12. The number of fused-ring (bicyclic) bond motifs is 1. The van der Waals surface area contributed by atoms with E-state index >= 15 is 0 Å². The molecule has 1 aromatic carbocycles. The van der Waals surface area contributed by atoms with Gasteiger partial charge in [0.15, 0.2) is 0 Å². The van der Waals surface area contributed by atoms with Gasteiger partial charge in [-0.3, -0.25) is 4.90 Å². The van der Waals surface area contributed by atoms with Crippen LogP contribution < -0.4 is 5.32 Å². The van der Waals surface area contributed by atoms with E-state index in [0.29, 0.717) is 11.5 Å². The highest BCUT2D eigenvalue weighted by Crippen LogP contribution is 2.46. The van der Waals surface area contributed by atoms with Crippen molar-refractivity contribution in [3.63, 3.8) is 0 Å². The first-order valence-corrected chi connectivity index (χ1v) is 11.2. The van der Waals surface area contributed by atoms with E-state index in [0.717, 1.165) is 45.3 Å². The fraction of sp³-hybridized carbons (Fsp3) is 0.583. The van der Waals surface area contributed by atoms with E-state index in [9.17, 15) is 9.59 Å². The highest BCUT2D eigenvalue weighted by atomic mass is 16.7. The van der Waals surface area contributed by atoms with Crippen LogP contribution in [0.15, 0.2) is 42.2 Å². The van der Waals surface area contributed by atoms with E-state index < -0.39 is 12.4 Å². The molecular weight excluding hydrogens is 396 g/mol. The molecule has 1 saturated carbocycles. The summed E-state index contributed by atoms with van der Waals surface area (Å²) >= 11 is 0. The topological polar surface area (TPSA) is 77.1 Å². The summed E-state index contributed by atoms with van der Waals surface area (Å²) in [6.07, 6.45) is 3.93. The molecule has 168 valence electrons. The maximum absolute atomic E-state index is 12.6. The number of ether oxygens (including phenoxy) is 3. The lowest BCUT2D eigenvalue weighted by molar-refractivity contribution is -0.145. The van der Waals surface area contributed by atoms with Gasteiger partial charge in [0.2, 0.25) is 6.29 Å². The van der Waals surface area contributed by atoms with Crippen LogP contribution >= 0.6 is 0 Å². The number of amides is 1. The molecule has 7 nitrogen and oxygen atoms in total. The summed E-state index contributed by atoms with van der Waals surface area (Å²) in [5.41, 5.74) is 1.85. The summed E-state index contributed by atoms with van der Waals surface area (Å²) < 4.78 is 16.3. The largest absolute Gasteiger partial charge is 0.466 e. The van der Waals surface area contributed by atoms with Crippen molar-refractivity contribution in [2.45, 2.75) is 51.5 Å². The standard InChI is InChI=1S/C24H32N2O5/c1-16-8-9-19-20(22(27)29-2)15-30-23(21(16)19)31-24(28)25-18-10-12-26(13-11-18)14-17-6-4-3-5-7-17/h3-7,15-16,18-19,21,23H,8-14H2,1-2H3,(H,25,28). The zero-order chi connectivity index (χ0) is 21.8. The van der Waals surface area contributed by atoms with Gasteiger partial charge in [-0.2, -0.15) is 0 Å². The van der Waals surface area contributed by atoms with Gasteiger partial charge in [-0.15, -0.1) is 0 Å². The molecule has 4 rings (SSSR count). The molecule has 4 unspecified atom stereocenters. The Labute approximate surface area is 183 Å². The Hall–Kier alpha value is -2.54. The molecule has 2 aliphatic heterocycles. The molecule has 1 amide bonds. The number of hydrogen-bond donors (Lipinski definition) is 1. The van der Waals surface area contributed by atoms with Gasteiger partial charge in [0.25, 0.3) is 0 Å². The molecule has 3 aliphatic rings. The number of piperidine rings is 1. The number of nitrogens with zero attached hydrogens (tertiary/aromatic N) is 1. The molecule has 31 heavy (non-hydrogen) atoms. The van der Waals surface area contributed by atoms with Crippen molar-refractivity contribution in [1.29, 1.82) is 0 Å². The van der Waals surface area contributed by atoms with Crippen LogP contribution in [-0.2, 0) is 25.5 Å². The highest BCUT2D eigenvalue weighted by molar-refractivity contribution is 5.89. The van der Waals surface area contributed by atoms with Crippen molar-refractivity contribution in [3.8, 4) is 0 Å². The lowest BCUT2D eigenvalue weighted by Gasteiger charge is -2.35. The lowest BCUT2D eigenvalue weighted by atomic mass is 9.83. The number of rotatable bonds is 5. The molecule has 7 heteroatoms. The summed E-state index contributed by atoms with van der Waals surface area (Å²) in [6, 6.07) is 10.5. The van der Waals surface area contributed by atoms with Gasteiger partial charge in [-0.1, -0.05) is 37.3 Å². The average Bonchev–Trinajstić information content (AvgIpc) is 3.17. The minimum Gasteiger partial charge on any atom is -0.466 e. The van der Waals surface area contributed by atoms with E-state index in [1.165, 1.54) is 18.9 Å². The van der Waals surface area contributed by atoms with E-state index in [-0.39, 0.29) is 23.8 Å². The van der Waals surface area contributed by atoms with E-state index in [4.69, 9.17) is 14.2 Å². The minimum atomic E-state index is -0.672. The number of likely N-dealkylation sites (tertiary alicyclic amines) is 1. The van der Waals surface area contributed by atoms with Crippen LogP contribution in [0.25, 0.3) is 0 Å². The van der Waals surface area contributed by atoms with E-state index in [1.54, 1.807) is 0 Å². The molecule has 2 heterocycles. The zero-order valence-corrected chi connectivity index (χ0v) is 18.3. The molecule has 0 bridgehead atoms. The first-order chi connectivity index (χ1) is 15.0. The van der Waals surface area contributed by atoms with Crippen LogP contribution in [-0.4, -0.2) is 49.5 Å². The number of carbonyl (C=O) groups is 2. The fourth-order valence-electron chi connectivity index (χ4n) is 5.17. The number of benzene rings is 1. The van der Waals surface area contributed by atoms with Crippen molar-refractivity contribution in [3.05, 3.63) is 47.7 Å². The predicted octanol–water partition coefficient (Wildman–Crippen LogP) is 3.45. The van der Waals surface area contributed by atoms with Crippen LogP contribution in [0.1, 0.15) is 38.2 Å². The molecule has 1 aromatic rings. The Morgan fingerprint density at radius 2 is 1.87 bits per heavy atom. The molecule has 1 N–H and O–H groups in total. The van der Waals surface area contributed by atoms with Crippen LogP contribution in [0.2, 0.25) is 0 Å². The van der Waals surface area contributed by atoms with Crippen molar-refractivity contribution < 1.29 is 23.8 Å². The predicted molar refractivity (Wildman–Crippen MR) is 115 cm³/mol. The third-order valence-electron chi connectivity index (χ3n) is 6.90. The molecule has 1 saturated heterocycles. The number of alkyl carbamates (subject to hydrolysis) is 1. The van der Waals surface area contributed by atoms with Crippen LogP contribution in [0, 0.1) is 17.8 Å². The highest BCUT2D eigenvalue weighted by Gasteiger charge is 2.48. The quantitative estimate of drug-likeness (QED) is 0.724. The minimum absolute atomic E-state index is 0.00947. The van der Waals surface area contributed by atoms with Gasteiger partial charge >= 0.3 is 12.1 Å². The first-order valence-electron chi connectivity index (χ1n) is 11.2. The first kappa shape index (κ1) is 21.7. The maximum atomic E-state index is 12.6. The summed E-state index contributed by atoms with van der Waals surface area (Å²) in [6.45, 7) is 4.92. The lowest BCUT2D eigenvalue weighted by Crippen LogP contribution is -2.47. The van der Waals surface area contributed by atoms with Crippen molar-refractivity contribution in [2.75, 3.05) is 20.2 Å². The monoisotopic (exact) mass is 428 g/mol. The Balaban J connectivity index is 1.27. The Kier molecular flexibility index (Phi) is 6.80. The molecule has 0 radical (unpaired) electrons. The van der Waals surface area contributed by atoms with E-state index in [2.05, 4.69) is 41.4 Å². The number of methoxy groups -OCH3 is 1. The van der Waals surface area contributed by atoms with Crippen LogP contribution in [0.4, 0.5) is 4.79 Å². The number of nitrogens with one attached hydrogen (secondary N) is 1. The zero-order valence-electron chi connectivity index (χ0n) is 18.3. The Morgan fingerprint density at radius 3 is 2.58 bits per heavy atom. The van der Waals surface area contributed by atoms with Crippen molar-refractivity contribution >= 4 is 12.1 Å². The second kappa shape index (κ2) is 9.73. The third-order valence-corrected chi connectivity index (χ3v) is 6.90. The van der Waals surface area contributed by atoms with Crippen LogP contribution in [0.3, 0.4) is 0 Å². The summed E-state index contributed by atoms with van der Waals surface area (Å²) in [5.74, 6) is -0.0839. The summed E-state index contributed by atoms with van der Waals surface area (Å²) in [4.78, 5) is 27.0. The van der Waals surface area contributed by atoms with Gasteiger partial charge in [0.1, 0.15) is 0 Å². The average molecular weight is 429 g/mol. The third kappa shape index (κ3) is 5.03. The normalized spacial score (nSPS) is 28.8. The number of carbonyl (C=O) groups excluding carboxylic acids is 2. The summed E-state index contributed by atoms with van der Waals surface area (Å²) in [5, 5.41) is 3.01. The van der Waals surface area contributed by atoms with Gasteiger partial charge in [-0.25, -0.2) is 9.59 Å². The summed E-state index contributed by atoms with van der Waals surface area (Å²) in [7, 11) is 1.37. The number of esters is 1. The second-order valence-corrected chi connectivity index (χ2v) is 8.89. The smallest absolute Gasteiger partial charge is 0.410 e. The molecule has 0 aromatic heterocycles. The van der Waals surface area contributed by atoms with E-state index in [1.807, 2.05) is 6.07 Å². The molecule has 0 spiro atoms. The van der Waals surface area contributed by atoms with Crippen LogP contribution in [0.5, 0.6) is 0 Å².